The van der Waals surface area contributed by atoms with E-state index in [-0.39, 0.29) is 12.8 Å². The second-order valence-electron chi connectivity index (χ2n) is 4.49. The second-order valence-corrected chi connectivity index (χ2v) is 4.49. The van der Waals surface area contributed by atoms with Crippen molar-refractivity contribution in [1.82, 2.24) is 0 Å². The molecule has 0 aromatic rings. The van der Waals surface area contributed by atoms with Crippen LogP contribution >= 0.6 is 0 Å². The van der Waals surface area contributed by atoms with Crippen LogP contribution in [0.3, 0.4) is 0 Å². The van der Waals surface area contributed by atoms with Gasteiger partial charge in [0, 0.05) is 0 Å². The zero-order valence-electron chi connectivity index (χ0n) is 12.7. The molecule has 0 aliphatic rings. The molecule has 0 aromatic carbocycles. The minimum absolute atomic E-state index is 0.296. The fourth-order valence-electron chi connectivity index (χ4n) is 0.686. The Morgan fingerprint density at radius 2 is 1.09 bits per heavy atom. The number of allylic oxidation sites excluding steroid dienone is 1. The van der Waals surface area contributed by atoms with Gasteiger partial charge in [0.1, 0.15) is 18.3 Å². The zero-order valence-corrected chi connectivity index (χ0v) is 12.7. The number of carbonyl (C=O) groups is 2. The van der Waals surface area contributed by atoms with Gasteiger partial charge in [-0.05, 0) is 13.8 Å². The number of rotatable bonds is 7. The minimum Gasteiger partial charge on any atom is -0.481 e. The van der Waals surface area contributed by atoms with E-state index in [0.717, 1.165) is 0 Å². The van der Waals surface area contributed by atoms with Crippen molar-refractivity contribution in [3.8, 4) is 0 Å². The van der Waals surface area contributed by atoms with Crippen molar-refractivity contribution in [2.45, 2.75) is 45.0 Å². The SMILES string of the molecule is C=C(C)C.O=C(O)CCC(=O)O.OCC(O)C(O)C(O)CO. The van der Waals surface area contributed by atoms with Crippen LogP contribution in [0, 0.1) is 0 Å². The monoisotopic (exact) mass is 326 g/mol. The molecule has 0 rings (SSSR count). The van der Waals surface area contributed by atoms with Crippen molar-refractivity contribution in [2.24, 2.45) is 0 Å². The third kappa shape index (κ3) is 23.6. The number of aliphatic hydroxyl groups excluding tert-OH is 5. The molecule has 0 saturated heterocycles. The van der Waals surface area contributed by atoms with Gasteiger partial charge in [-0.1, -0.05) is 5.57 Å². The van der Waals surface area contributed by atoms with Crippen molar-refractivity contribution in [3.05, 3.63) is 12.2 Å². The summed E-state index contributed by atoms with van der Waals surface area (Å²) in [6, 6.07) is 0. The van der Waals surface area contributed by atoms with Crippen molar-refractivity contribution >= 4 is 11.9 Å². The van der Waals surface area contributed by atoms with Crippen LogP contribution in [0.5, 0.6) is 0 Å². The molecule has 9 nitrogen and oxygen atoms in total. The maximum atomic E-state index is 9.64. The molecule has 9 heteroatoms. The Balaban J connectivity index is -0.000000269. The van der Waals surface area contributed by atoms with Crippen LogP contribution in [-0.2, 0) is 9.59 Å². The predicted octanol–water partition coefficient (Wildman–Crippen LogP) is -1.43. The van der Waals surface area contributed by atoms with Gasteiger partial charge in [-0.2, -0.15) is 0 Å². The lowest BCUT2D eigenvalue weighted by atomic mass is 10.1. The van der Waals surface area contributed by atoms with Gasteiger partial charge in [0.2, 0.25) is 0 Å². The van der Waals surface area contributed by atoms with Gasteiger partial charge in [-0.15, -0.1) is 6.58 Å². The third-order valence-corrected chi connectivity index (χ3v) is 1.72. The van der Waals surface area contributed by atoms with Gasteiger partial charge in [0.25, 0.3) is 0 Å². The lowest BCUT2D eigenvalue weighted by molar-refractivity contribution is -0.143. The smallest absolute Gasteiger partial charge is 0.303 e. The largest absolute Gasteiger partial charge is 0.481 e. The van der Waals surface area contributed by atoms with Crippen LogP contribution in [0.4, 0.5) is 0 Å². The van der Waals surface area contributed by atoms with Crippen LogP contribution in [0.1, 0.15) is 26.7 Å². The summed E-state index contributed by atoms with van der Waals surface area (Å²) in [4.78, 5) is 19.3. The van der Waals surface area contributed by atoms with Crippen LogP contribution in [0.25, 0.3) is 0 Å². The van der Waals surface area contributed by atoms with E-state index in [1.807, 2.05) is 13.8 Å². The summed E-state index contributed by atoms with van der Waals surface area (Å²) in [6.07, 6.45) is -4.88. The molecule has 0 amide bonds. The normalized spacial score (nSPS) is 13.4. The van der Waals surface area contributed by atoms with Crippen LogP contribution in [0.2, 0.25) is 0 Å². The lowest BCUT2D eigenvalue weighted by Crippen LogP contribution is -2.41. The molecule has 2 atom stereocenters. The lowest BCUT2D eigenvalue weighted by Gasteiger charge is -2.19. The summed E-state index contributed by atoms with van der Waals surface area (Å²) >= 11 is 0. The van der Waals surface area contributed by atoms with E-state index in [0.29, 0.717) is 0 Å². The second kappa shape index (κ2) is 15.9. The topological polar surface area (TPSA) is 176 Å². The molecule has 2 unspecified atom stereocenters. The highest BCUT2D eigenvalue weighted by Crippen LogP contribution is 1.98. The van der Waals surface area contributed by atoms with Gasteiger partial charge in [-0.3, -0.25) is 9.59 Å². The number of carboxylic acid groups (broad SMARTS) is 2. The van der Waals surface area contributed by atoms with Crippen molar-refractivity contribution < 1.29 is 45.3 Å². The molecule has 0 aliphatic carbocycles. The summed E-state index contributed by atoms with van der Waals surface area (Å²) in [5.41, 5.74) is 1.17. The summed E-state index contributed by atoms with van der Waals surface area (Å²) in [5.74, 6) is -2.15. The highest BCUT2D eigenvalue weighted by molar-refractivity contribution is 5.75. The Kier molecular flexibility index (Phi) is 18.3. The Hall–Kier alpha value is -1.52. The Bertz CT molecular complexity index is 289. The van der Waals surface area contributed by atoms with Crippen LogP contribution < -0.4 is 0 Å². The number of hydrogen-bond donors (Lipinski definition) is 7. The Morgan fingerprint density at radius 3 is 1.23 bits per heavy atom. The standard InChI is InChI=1S/C5H12O5.C4H6O4.C4H8/c6-1-3(8)5(10)4(9)2-7;5-3(6)1-2-4(7)8;1-4(2)3/h3-10H,1-2H2;1-2H2,(H,5,6)(H,7,8);1H2,2-3H3. The molecule has 22 heavy (non-hydrogen) atoms. The number of aliphatic carboxylic acids is 2. The predicted molar refractivity (Wildman–Crippen MR) is 77.2 cm³/mol. The van der Waals surface area contributed by atoms with Crippen molar-refractivity contribution in [1.29, 1.82) is 0 Å². The number of aliphatic hydroxyl groups is 5. The minimum atomic E-state index is -1.49. The van der Waals surface area contributed by atoms with E-state index < -0.39 is 43.5 Å². The first kappa shape index (κ1) is 25.4. The molecule has 0 spiro atoms. The van der Waals surface area contributed by atoms with Gasteiger partial charge in [0.15, 0.2) is 0 Å². The van der Waals surface area contributed by atoms with E-state index in [1.165, 1.54) is 5.57 Å². The summed E-state index contributed by atoms with van der Waals surface area (Å²) in [7, 11) is 0. The highest BCUT2D eigenvalue weighted by Gasteiger charge is 2.22. The molecule has 0 bridgehead atoms. The molecule has 0 heterocycles. The van der Waals surface area contributed by atoms with Crippen molar-refractivity contribution in [3.63, 3.8) is 0 Å². The Labute approximate surface area is 128 Å². The maximum Gasteiger partial charge on any atom is 0.303 e. The molecule has 0 radical (unpaired) electrons. The third-order valence-electron chi connectivity index (χ3n) is 1.72. The first-order chi connectivity index (χ1) is 9.99. The molecule has 0 aliphatic heterocycles. The Morgan fingerprint density at radius 1 is 0.864 bits per heavy atom. The average Bonchev–Trinajstić information content (AvgIpc) is 2.42. The fraction of sp³-hybridized carbons (Fsp3) is 0.692. The van der Waals surface area contributed by atoms with E-state index in [9.17, 15) is 9.59 Å². The fourth-order valence-corrected chi connectivity index (χ4v) is 0.686. The summed E-state index contributed by atoms with van der Waals surface area (Å²) in [6.45, 7) is 6.22. The molecular formula is C13H26O9. The number of carboxylic acids is 2. The highest BCUT2D eigenvalue weighted by atomic mass is 16.4. The quantitative estimate of drug-likeness (QED) is 0.276. The van der Waals surface area contributed by atoms with Crippen LogP contribution in [0.15, 0.2) is 12.2 Å². The van der Waals surface area contributed by atoms with E-state index in [2.05, 4.69) is 6.58 Å². The first-order valence-corrected chi connectivity index (χ1v) is 6.31. The van der Waals surface area contributed by atoms with Crippen LogP contribution in [-0.4, -0.2) is 79.2 Å². The van der Waals surface area contributed by atoms with Gasteiger partial charge in [-0.25, -0.2) is 0 Å². The van der Waals surface area contributed by atoms with Gasteiger partial charge < -0.3 is 35.7 Å². The molecule has 0 saturated carbocycles. The van der Waals surface area contributed by atoms with Gasteiger partial charge >= 0.3 is 11.9 Å². The van der Waals surface area contributed by atoms with E-state index in [1.54, 1.807) is 0 Å². The van der Waals surface area contributed by atoms with E-state index in [4.69, 9.17) is 35.7 Å². The van der Waals surface area contributed by atoms with Crippen molar-refractivity contribution in [2.75, 3.05) is 13.2 Å². The van der Waals surface area contributed by atoms with Gasteiger partial charge in [0.05, 0.1) is 26.1 Å². The average molecular weight is 326 g/mol. The molecular weight excluding hydrogens is 300 g/mol. The zero-order chi connectivity index (χ0) is 18.3. The van der Waals surface area contributed by atoms with E-state index >= 15 is 0 Å². The molecule has 7 N–H and O–H groups in total. The maximum absolute atomic E-state index is 9.64. The molecule has 0 fully saturated rings. The molecule has 132 valence electrons. The first-order valence-electron chi connectivity index (χ1n) is 6.31. The molecule has 0 aromatic heterocycles. The summed E-state index contributed by atoms with van der Waals surface area (Å²) < 4.78 is 0. The summed E-state index contributed by atoms with van der Waals surface area (Å²) in [5, 5.41) is 58.4. The number of hydrogen-bond acceptors (Lipinski definition) is 7.